The van der Waals surface area contributed by atoms with Gasteiger partial charge in [-0.05, 0) is 73.2 Å². The molecule has 1 saturated heterocycles. The number of aromatic nitrogens is 2. The average Bonchev–Trinajstić information content (AvgIpc) is 3.39. The number of carbonyl (C=O) groups is 1. The second kappa shape index (κ2) is 13.3. The number of hydrogen-bond donors (Lipinski definition) is 2. The molecule has 210 valence electrons. The Labute approximate surface area is 233 Å². The van der Waals surface area contributed by atoms with Crippen molar-refractivity contribution in [2.75, 3.05) is 26.9 Å². The van der Waals surface area contributed by atoms with Gasteiger partial charge in [-0.25, -0.2) is 9.48 Å². The SMILES string of the molecule is COc1cc(CO)cc(-c2nn(C3CCCCO3)c3ccc(OCCCNC(=O)OCc4ccccc4)cc23)c1. The number of rotatable bonds is 11. The van der Waals surface area contributed by atoms with Gasteiger partial charge < -0.3 is 29.4 Å². The summed E-state index contributed by atoms with van der Waals surface area (Å²) in [5.41, 5.74) is 4.25. The molecule has 1 atom stereocenters. The highest BCUT2D eigenvalue weighted by Gasteiger charge is 2.22. The summed E-state index contributed by atoms with van der Waals surface area (Å²) in [6.45, 7) is 1.71. The van der Waals surface area contributed by atoms with Crippen molar-refractivity contribution in [2.24, 2.45) is 0 Å². The fraction of sp³-hybridized carbons (Fsp3) is 0.355. The molecule has 3 aromatic carbocycles. The Kier molecular flexibility index (Phi) is 9.15. The lowest BCUT2D eigenvalue weighted by atomic mass is 10.0. The van der Waals surface area contributed by atoms with Crippen LogP contribution in [0.25, 0.3) is 22.2 Å². The standard InChI is InChI=1S/C31H35N3O6/c1-37-26-17-23(20-35)16-24(18-26)30-27-19-25(11-12-28(27)34(33-30)29-10-5-6-14-39-29)38-15-7-13-32-31(36)40-21-22-8-3-2-4-9-22/h2-4,8-9,11-12,16-19,29,35H,5-7,10,13-15,20-21H2,1H3,(H,32,36). The molecule has 0 aliphatic carbocycles. The minimum atomic E-state index is -0.451. The predicted octanol–water partition coefficient (Wildman–Crippen LogP) is 5.60. The molecule has 40 heavy (non-hydrogen) atoms. The molecule has 0 radical (unpaired) electrons. The van der Waals surface area contributed by atoms with Crippen LogP contribution in [0.4, 0.5) is 4.79 Å². The van der Waals surface area contributed by atoms with Crippen LogP contribution in [-0.4, -0.2) is 47.8 Å². The molecule has 1 aliphatic heterocycles. The zero-order valence-electron chi connectivity index (χ0n) is 22.7. The van der Waals surface area contributed by atoms with Crippen molar-refractivity contribution in [2.45, 2.75) is 45.1 Å². The first kappa shape index (κ1) is 27.5. The Morgan fingerprint density at radius 2 is 1.95 bits per heavy atom. The number of benzene rings is 3. The lowest BCUT2D eigenvalue weighted by Gasteiger charge is -2.23. The van der Waals surface area contributed by atoms with Crippen molar-refractivity contribution in [1.29, 1.82) is 0 Å². The number of aliphatic hydroxyl groups is 1. The first-order valence-corrected chi connectivity index (χ1v) is 13.6. The molecule has 2 N–H and O–H groups in total. The first-order chi connectivity index (χ1) is 19.6. The molecule has 0 bridgehead atoms. The maximum atomic E-state index is 12.0. The van der Waals surface area contributed by atoms with Crippen LogP contribution in [0.15, 0.2) is 66.7 Å². The number of aliphatic hydroxyl groups excluding tert-OH is 1. The maximum Gasteiger partial charge on any atom is 0.407 e. The second-order valence-corrected chi connectivity index (χ2v) is 9.71. The topological polar surface area (TPSA) is 104 Å². The zero-order valence-corrected chi connectivity index (χ0v) is 22.7. The van der Waals surface area contributed by atoms with Crippen LogP contribution < -0.4 is 14.8 Å². The van der Waals surface area contributed by atoms with E-state index in [1.165, 1.54) is 0 Å². The second-order valence-electron chi connectivity index (χ2n) is 9.71. The van der Waals surface area contributed by atoms with Crippen LogP contribution in [0.2, 0.25) is 0 Å². The van der Waals surface area contributed by atoms with E-state index in [1.54, 1.807) is 7.11 Å². The van der Waals surface area contributed by atoms with Crippen LogP contribution in [0, 0.1) is 0 Å². The smallest absolute Gasteiger partial charge is 0.407 e. The molecule has 4 aromatic rings. The number of hydrogen-bond acceptors (Lipinski definition) is 7. The van der Waals surface area contributed by atoms with Gasteiger partial charge in [-0.15, -0.1) is 0 Å². The van der Waals surface area contributed by atoms with E-state index in [-0.39, 0.29) is 19.4 Å². The van der Waals surface area contributed by atoms with Crippen molar-refractivity contribution >= 4 is 17.0 Å². The van der Waals surface area contributed by atoms with Crippen molar-refractivity contribution in [3.63, 3.8) is 0 Å². The van der Waals surface area contributed by atoms with Crippen LogP contribution in [-0.2, 0) is 22.7 Å². The Hall–Kier alpha value is -4.08. The summed E-state index contributed by atoms with van der Waals surface area (Å²) in [6, 6.07) is 21.1. The molecular weight excluding hydrogens is 510 g/mol. The Bertz CT molecular complexity index is 1390. The van der Waals surface area contributed by atoms with Gasteiger partial charge in [0, 0.05) is 24.1 Å². The van der Waals surface area contributed by atoms with Gasteiger partial charge in [0.15, 0.2) is 6.23 Å². The lowest BCUT2D eigenvalue weighted by molar-refractivity contribution is -0.0365. The van der Waals surface area contributed by atoms with E-state index in [2.05, 4.69) is 5.32 Å². The fourth-order valence-corrected chi connectivity index (χ4v) is 4.79. The molecule has 2 heterocycles. The van der Waals surface area contributed by atoms with Crippen LogP contribution >= 0.6 is 0 Å². The molecule has 9 nitrogen and oxygen atoms in total. The van der Waals surface area contributed by atoms with Gasteiger partial charge in [-0.1, -0.05) is 30.3 Å². The summed E-state index contributed by atoms with van der Waals surface area (Å²) in [5, 5.41) is 18.5. The first-order valence-electron chi connectivity index (χ1n) is 13.6. The van der Waals surface area contributed by atoms with E-state index < -0.39 is 6.09 Å². The molecule has 0 spiro atoms. The highest BCUT2D eigenvalue weighted by Crippen LogP contribution is 2.36. The van der Waals surface area contributed by atoms with E-state index in [1.807, 2.05) is 71.4 Å². The van der Waals surface area contributed by atoms with Crippen LogP contribution in [0.1, 0.15) is 43.0 Å². The maximum absolute atomic E-state index is 12.0. The Morgan fingerprint density at radius 3 is 2.73 bits per heavy atom. The van der Waals surface area contributed by atoms with Gasteiger partial charge >= 0.3 is 6.09 Å². The number of carbonyl (C=O) groups excluding carboxylic acids is 1. The van der Waals surface area contributed by atoms with Gasteiger partial charge in [-0.3, -0.25) is 0 Å². The van der Waals surface area contributed by atoms with E-state index in [4.69, 9.17) is 24.0 Å². The molecule has 1 amide bonds. The number of ether oxygens (including phenoxy) is 4. The van der Waals surface area contributed by atoms with E-state index >= 15 is 0 Å². The van der Waals surface area contributed by atoms with Crippen molar-refractivity contribution in [3.05, 3.63) is 77.9 Å². The summed E-state index contributed by atoms with van der Waals surface area (Å²) < 4.78 is 24.8. The number of alkyl carbamates (subject to hydrolysis) is 1. The minimum Gasteiger partial charge on any atom is -0.497 e. The molecule has 1 aliphatic rings. The molecular formula is C31H35N3O6. The summed E-state index contributed by atoms with van der Waals surface area (Å²) in [7, 11) is 1.61. The van der Waals surface area contributed by atoms with Gasteiger partial charge in [0.05, 0.1) is 25.8 Å². The molecule has 9 heteroatoms. The lowest BCUT2D eigenvalue weighted by Crippen LogP contribution is -2.26. The minimum absolute atomic E-state index is 0.100. The third-order valence-electron chi connectivity index (χ3n) is 6.84. The number of fused-ring (bicyclic) bond motifs is 1. The van der Waals surface area contributed by atoms with Crippen molar-refractivity contribution in [3.8, 4) is 22.8 Å². The quantitative estimate of drug-likeness (QED) is 0.237. The molecule has 5 rings (SSSR count). The van der Waals surface area contributed by atoms with Crippen LogP contribution in [0.3, 0.4) is 0 Å². The predicted molar refractivity (Wildman–Crippen MR) is 151 cm³/mol. The summed E-state index contributed by atoms with van der Waals surface area (Å²) in [6.07, 6.45) is 3.08. The van der Waals surface area contributed by atoms with Crippen molar-refractivity contribution in [1.82, 2.24) is 15.1 Å². The number of methoxy groups -OCH3 is 1. The van der Waals surface area contributed by atoms with Gasteiger partial charge in [-0.2, -0.15) is 5.10 Å². The highest BCUT2D eigenvalue weighted by atomic mass is 16.5. The largest absolute Gasteiger partial charge is 0.497 e. The van der Waals surface area contributed by atoms with Gasteiger partial charge in [0.2, 0.25) is 0 Å². The molecule has 0 saturated carbocycles. The normalized spacial score (nSPS) is 15.1. The summed E-state index contributed by atoms with van der Waals surface area (Å²) in [5.74, 6) is 1.36. The summed E-state index contributed by atoms with van der Waals surface area (Å²) >= 11 is 0. The van der Waals surface area contributed by atoms with Crippen molar-refractivity contribution < 1.29 is 28.8 Å². The monoisotopic (exact) mass is 545 g/mol. The molecule has 1 fully saturated rings. The molecule has 1 aromatic heterocycles. The third-order valence-corrected chi connectivity index (χ3v) is 6.84. The van der Waals surface area contributed by atoms with E-state index in [9.17, 15) is 9.90 Å². The fourth-order valence-electron chi connectivity index (χ4n) is 4.79. The zero-order chi connectivity index (χ0) is 27.7. The number of nitrogens with one attached hydrogen (secondary N) is 1. The number of amides is 1. The number of nitrogens with zero attached hydrogens (tertiary/aromatic N) is 2. The van der Waals surface area contributed by atoms with E-state index in [0.717, 1.165) is 52.5 Å². The summed E-state index contributed by atoms with van der Waals surface area (Å²) in [4.78, 5) is 12.0. The Morgan fingerprint density at radius 1 is 1.07 bits per heavy atom. The van der Waals surface area contributed by atoms with Gasteiger partial charge in [0.25, 0.3) is 0 Å². The van der Waals surface area contributed by atoms with Crippen LogP contribution in [0.5, 0.6) is 11.5 Å². The highest BCUT2D eigenvalue weighted by molar-refractivity contribution is 5.94. The molecule has 1 unspecified atom stereocenters. The Balaban J connectivity index is 1.27. The third kappa shape index (κ3) is 6.73. The van der Waals surface area contributed by atoms with Gasteiger partial charge in [0.1, 0.15) is 23.8 Å². The van der Waals surface area contributed by atoms with E-state index in [0.29, 0.717) is 37.7 Å². The average molecular weight is 546 g/mol.